The second-order valence-corrected chi connectivity index (χ2v) is 17.5. The van der Waals surface area contributed by atoms with E-state index in [9.17, 15) is 21.6 Å². The number of carbonyl (C=O) groups excluding carboxylic acids is 1. The average Bonchev–Trinajstić information content (AvgIpc) is 3.86. The Morgan fingerprint density at radius 1 is 0.541 bits per heavy atom. The highest BCUT2D eigenvalue weighted by molar-refractivity contribution is 7.89. The molecule has 324 valence electrons. The van der Waals surface area contributed by atoms with Gasteiger partial charge < -0.3 is 24.3 Å². The van der Waals surface area contributed by atoms with Crippen LogP contribution >= 0.6 is 0 Å². The molecule has 0 saturated carbocycles. The van der Waals surface area contributed by atoms with Crippen molar-refractivity contribution in [2.45, 2.75) is 42.8 Å². The molecule has 4 aromatic carbocycles. The molecule has 6 rings (SSSR count). The normalized spacial score (nSPS) is 11.6. The van der Waals surface area contributed by atoms with E-state index in [1.165, 1.54) is 26.4 Å². The lowest BCUT2D eigenvalue weighted by molar-refractivity contribution is 0.111. The van der Waals surface area contributed by atoms with Crippen LogP contribution in [0.1, 0.15) is 38.4 Å². The van der Waals surface area contributed by atoms with Gasteiger partial charge in [0.1, 0.15) is 28.7 Å². The van der Waals surface area contributed by atoms with Gasteiger partial charge in [0.05, 0.1) is 34.1 Å². The summed E-state index contributed by atoms with van der Waals surface area (Å²) in [6, 6.07) is 32.0. The van der Waals surface area contributed by atoms with Crippen molar-refractivity contribution >= 4 is 26.3 Å². The number of ether oxygens (including phenoxy) is 4. The summed E-state index contributed by atoms with van der Waals surface area (Å²) in [6.45, 7) is 1.19. The first-order chi connectivity index (χ1) is 29.2. The first kappa shape index (κ1) is 46.0. The van der Waals surface area contributed by atoms with Gasteiger partial charge in [-0.25, -0.2) is 16.8 Å². The Kier molecular flexibility index (Phi) is 15.8. The molecule has 0 radical (unpaired) electrons. The number of aryl methyl sites for hydroxylation is 2. The zero-order valence-corrected chi connectivity index (χ0v) is 36.8. The van der Waals surface area contributed by atoms with Crippen molar-refractivity contribution < 1.29 is 40.6 Å². The fourth-order valence-corrected chi connectivity index (χ4v) is 8.91. The van der Waals surface area contributed by atoms with Gasteiger partial charge in [0.15, 0.2) is 16.3 Å². The van der Waals surface area contributed by atoms with Crippen LogP contribution in [-0.4, -0.2) is 86.8 Å². The Hall–Kier alpha value is -6.05. The maximum atomic E-state index is 13.5. The van der Waals surface area contributed by atoms with Crippen LogP contribution in [0.2, 0.25) is 0 Å². The molecule has 2 heterocycles. The van der Waals surface area contributed by atoms with Gasteiger partial charge in [-0.2, -0.15) is 18.8 Å². The molecule has 61 heavy (non-hydrogen) atoms. The van der Waals surface area contributed by atoms with E-state index in [1.54, 1.807) is 77.5 Å². The Morgan fingerprint density at radius 2 is 0.852 bits per heavy atom. The number of sulfonamides is 2. The van der Waals surface area contributed by atoms with Crippen molar-refractivity contribution in [2.24, 2.45) is 14.1 Å². The molecule has 0 amide bonds. The van der Waals surface area contributed by atoms with Gasteiger partial charge in [-0.05, 0) is 77.8 Å². The SMILES string of the molecule is CNCc1cc(S(=O)(=O)N(Cc2ccc(OC)cc2)Cc2ccc(OC)cc2)nn1C.COc1ccc(CN(Cc2ccc(OC)cc2)S(=O)(=O)c2cc(C=O)n(C)n2)cc1. The van der Waals surface area contributed by atoms with E-state index in [4.69, 9.17) is 18.9 Å². The van der Waals surface area contributed by atoms with Crippen LogP contribution in [0.15, 0.2) is 119 Å². The first-order valence-corrected chi connectivity index (χ1v) is 21.8. The van der Waals surface area contributed by atoms with Crippen LogP contribution in [0.25, 0.3) is 0 Å². The van der Waals surface area contributed by atoms with Gasteiger partial charge in [0.2, 0.25) is 0 Å². The smallest absolute Gasteiger partial charge is 0.263 e. The van der Waals surface area contributed by atoms with Gasteiger partial charge in [0, 0.05) is 59.0 Å². The highest BCUT2D eigenvalue weighted by Gasteiger charge is 2.30. The number of hydrogen-bond donors (Lipinski definition) is 1. The molecule has 0 aliphatic heterocycles. The lowest BCUT2D eigenvalue weighted by atomic mass is 10.2. The molecular weight excluding hydrogens is 823 g/mol. The highest BCUT2D eigenvalue weighted by atomic mass is 32.2. The number of rotatable bonds is 19. The maximum absolute atomic E-state index is 13.5. The highest BCUT2D eigenvalue weighted by Crippen LogP contribution is 2.25. The standard InChI is InChI=1S/C22H28N4O4S.C21H23N3O5S/c1-23-14-19-13-22(24-25(19)2)31(27,28)26(15-17-5-9-20(29-3)10-6-17)16-18-7-11-21(30-4)12-8-18;1-23-18(15-25)12-21(22-23)30(26,27)24(13-16-4-8-19(28-2)9-5-16)14-17-6-10-20(29-3)11-7-17/h5-13,23H,14-16H2,1-4H3;4-12,15H,13-14H2,1-3H3. The maximum Gasteiger partial charge on any atom is 0.263 e. The lowest BCUT2D eigenvalue weighted by Gasteiger charge is -2.21. The minimum absolute atomic E-state index is 0.0299. The summed E-state index contributed by atoms with van der Waals surface area (Å²) >= 11 is 0. The van der Waals surface area contributed by atoms with E-state index >= 15 is 0 Å². The van der Waals surface area contributed by atoms with Crippen LogP contribution in [0.3, 0.4) is 0 Å². The predicted molar refractivity (Wildman–Crippen MR) is 229 cm³/mol. The molecular formula is C43H51N7O9S2. The van der Waals surface area contributed by atoms with E-state index in [1.807, 2.05) is 72.8 Å². The summed E-state index contributed by atoms with van der Waals surface area (Å²) in [6.07, 6.45) is 0.573. The molecule has 6 aromatic rings. The minimum atomic E-state index is -3.96. The van der Waals surface area contributed by atoms with E-state index in [0.717, 1.165) is 39.4 Å². The number of nitrogens with one attached hydrogen (secondary N) is 1. The number of methoxy groups -OCH3 is 4. The molecule has 18 heteroatoms. The minimum Gasteiger partial charge on any atom is -0.497 e. The number of aldehydes is 1. The molecule has 0 aliphatic carbocycles. The summed E-state index contributed by atoms with van der Waals surface area (Å²) in [5, 5.41) is 11.2. The molecule has 0 spiro atoms. The number of benzene rings is 4. The topological polar surface area (TPSA) is 176 Å². The molecule has 1 N–H and O–H groups in total. The molecule has 0 unspecified atom stereocenters. The Morgan fingerprint density at radius 3 is 1.13 bits per heavy atom. The number of carbonyl (C=O) groups is 1. The van der Waals surface area contributed by atoms with Gasteiger partial charge in [-0.15, -0.1) is 0 Å². The summed E-state index contributed by atoms with van der Waals surface area (Å²) < 4.78 is 80.1. The van der Waals surface area contributed by atoms with E-state index in [2.05, 4.69) is 15.5 Å². The van der Waals surface area contributed by atoms with Crippen molar-refractivity contribution in [3.63, 3.8) is 0 Å². The van der Waals surface area contributed by atoms with Crippen LogP contribution in [0, 0.1) is 0 Å². The lowest BCUT2D eigenvalue weighted by Crippen LogP contribution is -2.30. The largest absolute Gasteiger partial charge is 0.497 e. The number of hydrogen-bond acceptors (Lipinski definition) is 12. The monoisotopic (exact) mass is 873 g/mol. The van der Waals surface area contributed by atoms with Gasteiger partial charge in [-0.3, -0.25) is 14.2 Å². The third-order valence-corrected chi connectivity index (χ3v) is 12.9. The number of nitrogens with zero attached hydrogens (tertiary/aromatic N) is 6. The van der Waals surface area contributed by atoms with Crippen molar-refractivity contribution in [1.82, 2.24) is 33.5 Å². The van der Waals surface area contributed by atoms with Crippen LogP contribution < -0.4 is 24.3 Å². The van der Waals surface area contributed by atoms with Crippen molar-refractivity contribution in [1.29, 1.82) is 0 Å². The van der Waals surface area contributed by atoms with Gasteiger partial charge in [-0.1, -0.05) is 48.5 Å². The predicted octanol–water partition coefficient (Wildman–Crippen LogP) is 5.19. The molecule has 0 saturated heterocycles. The van der Waals surface area contributed by atoms with Crippen LogP contribution in [0.4, 0.5) is 0 Å². The van der Waals surface area contributed by atoms with Crippen LogP contribution in [0.5, 0.6) is 23.0 Å². The quantitative estimate of drug-likeness (QED) is 0.106. The second-order valence-electron chi connectivity index (χ2n) is 13.7. The third kappa shape index (κ3) is 11.8. The zero-order valence-electron chi connectivity index (χ0n) is 35.2. The molecule has 0 fully saturated rings. The molecule has 2 aromatic heterocycles. The van der Waals surface area contributed by atoms with Crippen molar-refractivity contribution in [3.8, 4) is 23.0 Å². The molecule has 16 nitrogen and oxygen atoms in total. The van der Waals surface area contributed by atoms with Gasteiger partial charge in [0.25, 0.3) is 20.0 Å². The van der Waals surface area contributed by atoms with E-state index in [0.29, 0.717) is 24.3 Å². The third-order valence-electron chi connectivity index (χ3n) is 9.61. The summed E-state index contributed by atoms with van der Waals surface area (Å²) in [4.78, 5) is 11.1. The molecule has 0 aliphatic rings. The van der Waals surface area contributed by atoms with E-state index in [-0.39, 0.29) is 41.9 Å². The Labute approximate surface area is 357 Å². The van der Waals surface area contributed by atoms with E-state index < -0.39 is 20.0 Å². The second kappa shape index (κ2) is 21.0. The van der Waals surface area contributed by atoms with Crippen molar-refractivity contribution in [2.75, 3.05) is 35.5 Å². The summed E-state index contributed by atoms with van der Waals surface area (Å²) in [5.41, 5.74) is 4.25. The fourth-order valence-electron chi connectivity index (χ4n) is 6.09. The number of aromatic nitrogens is 4. The zero-order chi connectivity index (χ0) is 44.2. The summed E-state index contributed by atoms with van der Waals surface area (Å²) in [5.74, 6) is 2.80. The molecule has 0 atom stereocenters. The van der Waals surface area contributed by atoms with Crippen molar-refractivity contribution in [3.05, 3.63) is 143 Å². The van der Waals surface area contributed by atoms with Crippen LogP contribution in [-0.2, 0) is 66.9 Å². The Balaban J connectivity index is 0.000000231. The Bertz CT molecular complexity index is 2460. The summed E-state index contributed by atoms with van der Waals surface area (Å²) in [7, 11) is 3.61. The fraction of sp³-hybridized carbons (Fsp3) is 0.279. The first-order valence-electron chi connectivity index (χ1n) is 18.9. The molecule has 0 bridgehead atoms. The van der Waals surface area contributed by atoms with Gasteiger partial charge >= 0.3 is 0 Å². The average molecular weight is 874 g/mol.